The zero-order valence-corrected chi connectivity index (χ0v) is 18.0. The van der Waals surface area contributed by atoms with Gasteiger partial charge in [0.1, 0.15) is 11.3 Å². The van der Waals surface area contributed by atoms with Gasteiger partial charge in [-0.05, 0) is 69.1 Å². The smallest absolute Gasteiger partial charge is 0.224 e. The zero-order valence-electron chi connectivity index (χ0n) is 18.0. The standard InChI is InChI=1S/C25H30N2O3/c1-17-12-21-19(16-30-24(21)13-18(17)2)14-25(28)26-15-22(27-10-6-7-11-27)20-8-4-5-9-23(20)29-3/h4-5,8-9,12-13,16,22H,6-7,10-11,14-15H2,1-3H3,(H,26,28). The molecule has 0 aliphatic carbocycles. The van der Waals surface area contributed by atoms with Gasteiger partial charge in [0.25, 0.3) is 0 Å². The van der Waals surface area contributed by atoms with Gasteiger partial charge in [-0.15, -0.1) is 0 Å². The van der Waals surface area contributed by atoms with Crippen molar-refractivity contribution in [3.63, 3.8) is 0 Å². The lowest BCUT2D eigenvalue weighted by molar-refractivity contribution is -0.120. The summed E-state index contributed by atoms with van der Waals surface area (Å²) in [7, 11) is 1.70. The van der Waals surface area contributed by atoms with Crippen LogP contribution in [0.25, 0.3) is 11.0 Å². The quantitative estimate of drug-likeness (QED) is 0.625. The SMILES string of the molecule is COc1ccccc1C(CNC(=O)Cc1coc2cc(C)c(C)cc12)N1CCCC1. The predicted molar refractivity (Wildman–Crippen MR) is 119 cm³/mol. The molecule has 0 spiro atoms. The third-order valence-corrected chi connectivity index (χ3v) is 6.19. The van der Waals surface area contributed by atoms with Gasteiger partial charge in [0.05, 0.1) is 25.8 Å². The van der Waals surface area contributed by atoms with Crippen LogP contribution in [0.15, 0.2) is 47.1 Å². The summed E-state index contributed by atoms with van der Waals surface area (Å²) in [4.78, 5) is 15.3. The van der Waals surface area contributed by atoms with Gasteiger partial charge in [0, 0.05) is 23.1 Å². The highest BCUT2D eigenvalue weighted by Crippen LogP contribution is 2.31. The summed E-state index contributed by atoms with van der Waals surface area (Å²) in [6, 6.07) is 12.4. The Morgan fingerprint density at radius 2 is 1.90 bits per heavy atom. The molecule has 1 saturated heterocycles. The Kier molecular flexibility index (Phi) is 6.09. The molecule has 0 saturated carbocycles. The normalized spacial score (nSPS) is 15.4. The Morgan fingerprint density at radius 1 is 1.17 bits per heavy atom. The van der Waals surface area contributed by atoms with Crippen LogP contribution in [0.1, 0.15) is 41.1 Å². The summed E-state index contributed by atoms with van der Waals surface area (Å²) in [6.07, 6.45) is 4.41. The number of fused-ring (bicyclic) bond motifs is 1. The number of methoxy groups -OCH3 is 1. The van der Waals surface area contributed by atoms with Crippen molar-refractivity contribution in [2.75, 3.05) is 26.7 Å². The molecule has 3 aromatic rings. The number of furan rings is 1. The van der Waals surface area contributed by atoms with E-state index in [1.807, 2.05) is 24.3 Å². The van der Waals surface area contributed by atoms with E-state index in [0.717, 1.165) is 40.9 Å². The van der Waals surface area contributed by atoms with Crippen LogP contribution in [0.3, 0.4) is 0 Å². The molecular formula is C25H30N2O3. The molecule has 1 fully saturated rings. The van der Waals surface area contributed by atoms with E-state index in [4.69, 9.17) is 9.15 Å². The van der Waals surface area contributed by atoms with Crippen LogP contribution < -0.4 is 10.1 Å². The van der Waals surface area contributed by atoms with E-state index in [0.29, 0.717) is 13.0 Å². The van der Waals surface area contributed by atoms with Gasteiger partial charge >= 0.3 is 0 Å². The second kappa shape index (κ2) is 8.92. The number of para-hydroxylation sites is 1. The molecule has 158 valence electrons. The lowest BCUT2D eigenvalue weighted by atomic mass is 10.0. The first kappa shape index (κ1) is 20.5. The Bertz CT molecular complexity index is 1030. The molecular weight excluding hydrogens is 376 g/mol. The van der Waals surface area contributed by atoms with Crippen LogP contribution in [-0.2, 0) is 11.2 Å². The van der Waals surface area contributed by atoms with E-state index in [2.05, 4.69) is 36.2 Å². The molecule has 5 heteroatoms. The number of ether oxygens (including phenoxy) is 1. The fourth-order valence-corrected chi connectivity index (χ4v) is 4.35. The van der Waals surface area contributed by atoms with Crippen molar-refractivity contribution in [3.8, 4) is 5.75 Å². The Labute approximate surface area is 178 Å². The van der Waals surface area contributed by atoms with Gasteiger partial charge in [-0.1, -0.05) is 18.2 Å². The summed E-state index contributed by atoms with van der Waals surface area (Å²) in [6.45, 7) is 6.81. The summed E-state index contributed by atoms with van der Waals surface area (Å²) >= 11 is 0. The molecule has 0 radical (unpaired) electrons. The lowest BCUT2D eigenvalue weighted by Gasteiger charge is -2.29. The highest BCUT2D eigenvalue weighted by molar-refractivity contribution is 5.88. The zero-order chi connectivity index (χ0) is 21.1. The lowest BCUT2D eigenvalue weighted by Crippen LogP contribution is -2.37. The van der Waals surface area contributed by atoms with Crippen LogP contribution in [0.5, 0.6) is 5.75 Å². The van der Waals surface area contributed by atoms with E-state index in [1.54, 1.807) is 13.4 Å². The number of nitrogens with one attached hydrogen (secondary N) is 1. The van der Waals surface area contributed by atoms with E-state index in [-0.39, 0.29) is 11.9 Å². The molecule has 0 bridgehead atoms. The summed E-state index contributed by atoms with van der Waals surface area (Å²) < 4.78 is 11.3. The topological polar surface area (TPSA) is 54.7 Å². The molecule has 30 heavy (non-hydrogen) atoms. The highest BCUT2D eigenvalue weighted by atomic mass is 16.5. The van der Waals surface area contributed by atoms with Crippen LogP contribution in [0, 0.1) is 13.8 Å². The Balaban J connectivity index is 1.48. The molecule has 1 atom stereocenters. The Morgan fingerprint density at radius 3 is 2.67 bits per heavy atom. The first-order valence-electron chi connectivity index (χ1n) is 10.7. The predicted octanol–water partition coefficient (Wildman–Crippen LogP) is 4.55. The maximum Gasteiger partial charge on any atom is 0.224 e. The van der Waals surface area contributed by atoms with Gasteiger partial charge < -0.3 is 14.5 Å². The van der Waals surface area contributed by atoms with Gasteiger partial charge in [0.15, 0.2) is 0 Å². The molecule has 1 aliphatic rings. The van der Waals surface area contributed by atoms with Gasteiger partial charge in [-0.2, -0.15) is 0 Å². The number of benzene rings is 2. The second-order valence-electron chi connectivity index (χ2n) is 8.18. The highest BCUT2D eigenvalue weighted by Gasteiger charge is 2.26. The molecule has 1 aromatic heterocycles. The third-order valence-electron chi connectivity index (χ3n) is 6.19. The van der Waals surface area contributed by atoms with Gasteiger partial charge in [-0.3, -0.25) is 9.69 Å². The maximum absolute atomic E-state index is 12.8. The van der Waals surface area contributed by atoms with E-state index in [9.17, 15) is 4.79 Å². The minimum Gasteiger partial charge on any atom is -0.496 e. The fraction of sp³-hybridized carbons (Fsp3) is 0.400. The average Bonchev–Trinajstić information content (AvgIpc) is 3.40. The van der Waals surface area contributed by atoms with Crippen molar-refractivity contribution >= 4 is 16.9 Å². The molecule has 1 aliphatic heterocycles. The number of aryl methyl sites for hydroxylation is 2. The van der Waals surface area contributed by atoms with Crippen molar-refractivity contribution < 1.29 is 13.9 Å². The molecule has 5 nitrogen and oxygen atoms in total. The van der Waals surface area contributed by atoms with Crippen LogP contribution in [0.4, 0.5) is 0 Å². The number of rotatable bonds is 7. The summed E-state index contributed by atoms with van der Waals surface area (Å²) in [5, 5.41) is 4.18. The molecule has 1 unspecified atom stereocenters. The maximum atomic E-state index is 12.8. The van der Waals surface area contributed by atoms with Crippen LogP contribution in [0.2, 0.25) is 0 Å². The van der Waals surface area contributed by atoms with Crippen molar-refractivity contribution in [2.45, 2.75) is 39.2 Å². The second-order valence-corrected chi connectivity index (χ2v) is 8.18. The van der Waals surface area contributed by atoms with Gasteiger partial charge in [0.2, 0.25) is 5.91 Å². The summed E-state index contributed by atoms with van der Waals surface area (Å²) in [5.74, 6) is 0.880. The molecule has 1 N–H and O–H groups in total. The largest absolute Gasteiger partial charge is 0.496 e. The van der Waals surface area contributed by atoms with Crippen molar-refractivity contribution in [2.24, 2.45) is 0 Å². The van der Waals surface area contributed by atoms with Crippen LogP contribution in [-0.4, -0.2) is 37.6 Å². The number of carbonyl (C=O) groups is 1. The van der Waals surface area contributed by atoms with E-state index < -0.39 is 0 Å². The first-order valence-corrected chi connectivity index (χ1v) is 10.7. The molecule has 4 rings (SSSR count). The number of likely N-dealkylation sites (tertiary alicyclic amines) is 1. The first-order chi connectivity index (χ1) is 14.6. The van der Waals surface area contributed by atoms with Crippen LogP contribution >= 0.6 is 0 Å². The van der Waals surface area contributed by atoms with Crippen molar-refractivity contribution in [1.29, 1.82) is 0 Å². The van der Waals surface area contributed by atoms with Crippen molar-refractivity contribution in [1.82, 2.24) is 10.2 Å². The number of hydrogen-bond acceptors (Lipinski definition) is 4. The van der Waals surface area contributed by atoms with E-state index >= 15 is 0 Å². The van der Waals surface area contributed by atoms with Crippen molar-refractivity contribution in [3.05, 3.63) is 64.9 Å². The molecule has 2 aromatic carbocycles. The van der Waals surface area contributed by atoms with Gasteiger partial charge in [-0.25, -0.2) is 0 Å². The number of amides is 1. The number of hydrogen-bond donors (Lipinski definition) is 1. The minimum absolute atomic E-state index is 0.00928. The molecule has 2 heterocycles. The minimum atomic E-state index is 0.00928. The number of nitrogens with zero attached hydrogens (tertiary/aromatic N) is 1. The number of carbonyl (C=O) groups excluding carboxylic acids is 1. The average molecular weight is 407 g/mol. The Hall–Kier alpha value is -2.79. The third kappa shape index (κ3) is 4.21. The summed E-state index contributed by atoms with van der Waals surface area (Å²) in [5.41, 5.74) is 5.29. The molecule has 1 amide bonds. The monoisotopic (exact) mass is 406 g/mol. The van der Waals surface area contributed by atoms with E-state index in [1.165, 1.54) is 24.0 Å². The fourth-order valence-electron chi connectivity index (χ4n) is 4.35.